The first kappa shape index (κ1) is 24.8. The largest absolute Gasteiger partial charge is 0.478 e. The molecule has 1 fully saturated rings. The van der Waals surface area contributed by atoms with Crippen LogP contribution in [0.15, 0.2) is 96.6 Å². The van der Waals surface area contributed by atoms with Gasteiger partial charge in [-0.15, -0.1) is 0 Å². The number of hydrogen-bond donors (Lipinski definition) is 2. The minimum atomic E-state index is -0.935. The number of carboxylic acid groups (broad SMARTS) is 2. The van der Waals surface area contributed by atoms with Gasteiger partial charge in [-0.3, -0.25) is 0 Å². The van der Waals surface area contributed by atoms with E-state index in [4.69, 9.17) is 14.9 Å². The fourth-order valence-electron chi connectivity index (χ4n) is 1.37. The van der Waals surface area contributed by atoms with Crippen LogP contribution in [0, 0.1) is 0 Å². The first-order valence-electron chi connectivity index (χ1n) is 8.75. The third-order valence-corrected chi connectivity index (χ3v) is 3.13. The van der Waals surface area contributed by atoms with Crippen LogP contribution in [0.4, 0.5) is 0 Å². The molecule has 0 aliphatic carbocycles. The van der Waals surface area contributed by atoms with Gasteiger partial charge in [0.05, 0.1) is 12.7 Å². The Morgan fingerprint density at radius 2 is 1.14 bits per heavy atom. The first-order chi connectivity index (χ1) is 13.3. The summed E-state index contributed by atoms with van der Waals surface area (Å²) < 4.78 is 4.90. The van der Waals surface area contributed by atoms with Gasteiger partial charge in [0.25, 0.3) is 0 Å². The molecular formula is C23H28O5. The molecule has 5 heteroatoms. The van der Waals surface area contributed by atoms with Gasteiger partial charge in [0.2, 0.25) is 0 Å². The van der Waals surface area contributed by atoms with E-state index in [-0.39, 0.29) is 11.7 Å². The zero-order chi connectivity index (χ0) is 21.2. The number of ether oxygens (including phenoxy) is 1. The van der Waals surface area contributed by atoms with Crippen LogP contribution in [-0.2, 0) is 14.3 Å². The predicted octanol–water partition coefficient (Wildman–Crippen LogP) is 4.83. The van der Waals surface area contributed by atoms with Crippen LogP contribution in [0.5, 0.6) is 0 Å². The quantitative estimate of drug-likeness (QED) is 0.582. The number of rotatable bonds is 4. The Hall–Kier alpha value is -3.18. The molecule has 3 rings (SSSR count). The molecule has 0 saturated carbocycles. The summed E-state index contributed by atoms with van der Waals surface area (Å²) in [7, 11) is 0. The lowest BCUT2D eigenvalue weighted by Crippen LogP contribution is -1.96. The first-order valence-corrected chi connectivity index (χ1v) is 8.75. The highest BCUT2D eigenvalue weighted by molar-refractivity contribution is 5.85. The van der Waals surface area contributed by atoms with E-state index in [9.17, 15) is 9.59 Å². The SMILES string of the molecule is C=C(C)C(=O)O.CC(=CCC1CO1)C(=O)O.c1ccccc1.c1ccccc1. The van der Waals surface area contributed by atoms with Crippen molar-refractivity contribution in [3.8, 4) is 0 Å². The molecule has 2 aromatic rings. The topological polar surface area (TPSA) is 87.1 Å². The molecule has 1 saturated heterocycles. The second kappa shape index (κ2) is 16.0. The van der Waals surface area contributed by atoms with Gasteiger partial charge in [0.1, 0.15) is 0 Å². The molecule has 0 aromatic heterocycles. The Balaban J connectivity index is 0.000000359. The van der Waals surface area contributed by atoms with Crippen molar-refractivity contribution in [2.75, 3.05) is 6.61 Å². The molecule has 0 radical (unpaired) electrons. The van der Waals surface area contributed by atoms with E-state index in [2.05, 4.69) is 6.58 Å². The molecule has 0 spiro atoms. The maximum absolute atomic E-state index is 10.2. The summed E-state index contributed by atoms with van der Waals surface area (Å²) in [6, 6.07) is 24.0. The number of aliphatic carboxylic acids is 2. The highest BCUT2D eigenvalue weighted by atomic mass is 16.6. The van der Waals surface area contributed by atoms with Crippen molar-refractivity contribution in [1.82, 2.24) is 0 Å². The molecule has 5 nitrogen and oxygen atoms in total. The highest BCUT2D eigenvalue weighted by Gasteiger charge is 2.20. The summed E-state index contributed by atoms with van der Waals surface area (Å²) in [6.07, 6.45) is 2.72. The van der Waals surface area contributed by atoms with Crippen LogP contribution in [0.1, 0.15) is 20.3 Å². The van der Waals surface area contributed by atoms with Crippen LogP contribution in [-0.4, -0.2) is 34.9 Å². The van der Waals surface area contributed by atoms with E-state index in [1.165, 1.54) is 6.92 Å². The molecule has 150 valence electrons. The molecule has 0 amide bonds. The van der Waals surface area contributed by atoms with E-state index >= 15 is 0 Å². The van der Waals surface area contributed by atoms with Crippen LogP contribution in [0.3, 0.4) is 0 Å². The van der Waals surface area contributed by atoms with Crippen molar-refractivity contribution in [2.45, 2.75) is 26.4 Å². The zero-order valence-corrected chi connectivity index (χ0v) is 16.3. The van der Waals surface area contributed by atoms with E-state index in [1.807, 2.05) is 72.8 Å². The van der Waals surface area contributed by atoms with E-state index in [1.54, 1.807) is 13.0 Å². The standard InChI is InChI=1S/C7H10O3.2C6H6.C4H6O2/c1-5(7(8)9)2-3-6-4-10-6;2*1-2-4-6-5-3-1;1-3(2)4(5)6/h2,6H,3-4H2,1H3,(H,8,9);2*1-6H;1H2,2H3,(H,5,6). The van der Waals surface area contributed by atoms with Gasteiger partial charge in [0, 0.05) is 11.1 Å². The van der Waals surface area contributed by atoms with E-state index in [0.717, 1.165) is 13.0 Å². The molecule has 0 bridgehead atoms. The summed E-state index contributed by atoms with van der Waals surface area (Å²) in [5, 5.41) is 16.3. The average Bonchev–Trinajstić information content (AvgIpc) is 3.54. The minimum absolute atomic E-state index is 0.176. The number of hydrogen-bond acceptors (Lipinski definition) is 3. The van der Waals surface area contributed by atoms with Crippen molar-refractivity contribution < 1.29 is 24.5 Å². The van der Waals surface area contributed by atoms with Gasteiger partial charge >= 0.3 is 11.9 Å². The summed E-state index contributed by atoms with van der Waals surface area (Å²) >= 11 is 0. The average molecular weight is 384 g/mol. The lowest BCUT2D eigenvalue weighted by molar-refractivity contribution is -0.133. The van der Waals surface area contributed by atoms with E-state index < -0.39 is 11.9 Å². The molecule has 1 unspecified atom stereocenters. The molecule has 1 atom stereocenters. The Morgan fingerprint density at radius 1 is 0.857 bits per heavy atom. The summed E-state index contributed by atoms with van der Waals surface area (Å²) in [5.74, 6) is -1.78. The van der Waals surface area contributed by atoms with E-state index in [0.29, 0.717) is 5.57 Å². The Kier molecular flexibility index (Phi) is 14.2. The predicted molar refractivity (Wildman–Crippen MR) is 111 cm³/mol. The second-order valence-electron chi connectivity index (χ2n) is 5.78. The fourth-order valence-corrected chi connectivity index (χ4v) is 1.37. The molecular weight excluding hydrogens is 356 g/mol. The monoisotopic (exact) mass is 384 g/mol. The highest BCUT2D eigenvalue weighted by Crippen LogP contribution is 2.14. The second-order valence-corrected chi connectivity index (χ2v) is 5.78. The number of benzene rings is 2. The lowest BCUT2D eigenvalue weighted by atomic mass is 10.2. The lowest BCUT2D eigenvalue weighted by Gasteiger charge is -1.89. The Labute approximate surface area is 166 Å². The van der Waals surface area contributed by atoms with Gasteiger partial charge in [-0.2, -0.15) is 0 Å². The summed E-state index contributed by atoms with van der Waals surface area (Å²) in [4.78, 5) is 19.8. The van der Waals surface area contributed by atoms with Gasteiger partial charge in [-0.05, 0) is 20.3 Å². The third-order valence-electron chi connectivity index (χ3n) is 3.13. The van der Waals surface area contributed by atoms with Gasteiger partial charge in [-0.25, -0.2) is 9.59 Å². The molecule has 28 heavy (non-hydrogen) atoms. The van der Waals surface area contributed by atoms with Crippen molar-refractivity contribution >= 4 is 11.9 Å². The van der Waals surface area contributed by atoms with Crippen LogP contribution in [0.25, 0.3) is 0 Å². The van der Waals surface area contributed by atoms with Crippen molar-refractivity contribution in [3.05, 3.63) is 96.6 Å². The van der Waals surface area contributed by atoms with Crippen LogP contribution < -0.4 is 0 Å². The molecule has 2 aromatic carbocycles. The molecule has 1 aliphatic rings. The van der Waals surface area contributed by atoms with Crippen molar-refractivity contribution in [1.29, 1.82) is 0 Å². The summed E-state index contributed by atoms with van der Waals surface area (Å²) in [6.45, 7) is 6.97. The normalized spacial score (nSPS) is 13.8. The summed E-state index contributed by atoms with van der Waals surface area (Å²) in [5.41, 5.74) is 0.575. The number of epoxide rings is 1. The van der Waals surface area contributed by atoms with Gasteiger partial charge in [-0.1, -0.05) is 85.5 Å². The number of carbonyl (C=O) groups is 2. The smallest absolute Gasteiger partial charge is 0.330 e. The zero-order valence-electron chi connectivity index (χ0n) is 16.3. The fraction of sp³-hybridized carbons (Fsp3) is 0.217. The maximum atomic E-state index is 10.2. The van der Waals surface area contributed by atoms with Gasteiger partial charge in [0.15, 0.2) is 0 Å². The van der Waals surface area contributed by atoms with Crippen LogP contribution >= 0.6 is 0 Å². The Morgan fingerprint density at radius 3 is 1.32 bits per heavy atom. The van der Waals surface area contributed by atoms with Crippen molar-refractivity contribution in [3.63, 3.8) is 0 Å². The molecule has 2 N–H and O–H groups in total. The van der Waals surface area contributed by atoms with Gasteiger partial charge < -0.3 is 14.9 Å². The third kappa shape index (κ3) is 17.6. The maximum Gasteiger partial charge on any atom is 0.330 e. The molecule has 1 heterocycles. The Bertz CT molecular complexity index is 607. The van der Waals surface area contributed by atoms with Crippen LogP contribution in [0.2, 0.25) is 0 Å². The number of carboxylic acids is 2. The molecule has 1 aliphatic heterocycles. The minimum Gasteiger partial charge on any atom is -0.478 e. The van der Waals surface area contributed by atoms with Crippen molar-refractivity contribution in [2.24, 2.45) is 0 Å².